The predicted octanol–water partition coefficient (Wildman–Crippen LogP) is 7.45. The standard InChI is InChI=1S/C33H35Cl2FN2O5.C2HF3O2/c34-27-16-28(35)25(30-23(32(37)39)12-13-29(31(30)36)43-18-22-7-4-14-42-22)15-24(27)26(19-5-2-1-3-6-19)17-38-21-10-8-20(9-11-21)33(40)41;3-2(4,5)1(6)7/h1-3,5-6,12-13,15-16,20-22,26,38H,4,7-11,14,17-18H2,(H2,37,39)(H,40,41);(H,6,7)/t20?,21?,22-,26?;/m0./s1. The summed E-state index contributed by atoms with van der Waals surface area (Å²) in [5.74, 6) is -5.63. The summed E-state index contributed by atoms with van der Waals surface area (Å²) in [4.78, 5) is 32.8. The van der Waals surface area contributed by atoms with Crippen molar-refractivity contribution in [2.24, 2.45) is 11.7 Å². The molecule has 0 radical (unpaired) electrons. The van der Waals surface area contributed by atoms with E-state index in [2.05, 4.69) is 5.32 Å². The second-order valence-electron chi connectivity index (χ2n) is 12.0. The molecule has 1 amide bonds. The summed E-state index contributed by atoms with van der Waals surface area (Å²) in [7, 11) is 0. The second kappa shape index (κ2) is 17.3. The van der Waals surface area contributed by atoms with Crippen molar-refractivity contribution in [1.29, 1.82) is 0 Å². The fourth-order valence-corrected chi connectivity index (χ4v) is 6.65. The fourth-order valence-electron chi connectivity index (χ4n) is 6.04. The van der Waals surface area contributed by atoms with Gasteiger partial charge in [-0.05, 0) is 73.9 Å². The van der Waals surface area contributed by atoms with Crippen LogP contribution >= 0.6 is 23.2 Å². The summed E-state index contributed by atoms with van der Waals surface area (Å²) in [5.41, 5.74) is 7.56. The Morgan fingerprint density at radius 1 is 0.980 bits per heavy atom. The zero-order valence-electron chi connectivity index (χ0n) is 26.7. The predicted molar refractivity (Wildman–Crippen MR) is 178 cm³/mol. The third kappa shape index (κ3) is 10.1. The number of aliphatic carboxylic acids is 2. The lowest BCUT2D eigenvalue weighted by atomic mass is 9.85. The molecule has 50 heavy (non-hydrogen) atoms. The summed E-state index contributed by atoms with van der Waals surface area (Å²) >= 11 is 13.5. The van der Waals surface area contributed by atoms with Crippen LogP contribution in [0.4, 0.5) is 17.6 Å². The Morgan fingerprint density at radius 2 is 1.64 bits per heavy atom. The summed E-state index contributed by atoms with van der Waals surface area (Å²) < 4.78 is 59.3. The first-order chi connectivity index (χ1) is 23.7. The molecule has 5 N–H and O–H groups in total. The molecule has 2 fully saturated rings. The van der Waals surface area contributed by atoms with E-state index in [1.54, 1.807) is 12.1 Å². The van der Waals surface area contributed by atoms with Gasteiger partial charge in [0.25, 0.3) is 0 Å². The lowest BCUT2D eigenvalue weighted by molar-refractivity contribution is -0.192. The number of carbonyl (C=O) groups is 3. The first-order valence-corrected chi connectivity index (χ1v) is 16.6. The number of nitrogens with two attached hydrogens (primary N) is 1. The van der Waals surface area contributed by atoms with Gasteiger partial charge in [0.2, 0.25) is 5.91 Å². The highest BCUT2D eigenvalue weighted by Gasteiger charge is 2.38. The van der Waals surface area contributed by atoms with Gasteiger partial charge in [0.05, 0.1) is 22.6 Å². The molecule has 3 aromatic rings. The van der Waals surface area contributed by atoms with Crippen LogP contribution < -0.4 is 15.8 Å². The molecule has 270 valence electrons. The number of ether oxygens (including phenoxy) is 2. The number of hydrogen-bond donors (Lipinski definition) is 4. The zero-order chi connectivity index (χ0) is 36.6. The molecular weight excluding hydrogens is 707 g/mol. The minimum Gasteiger partial charge on any atom is -0.488 e. The van der Waals surface area contributed by atoms with Gasteiger partial charge in [0.1, 0.15) is 6.61 Å². The molecule has 1 saturated heterocycles. The molecule has 2 atom stereocenters. The number of primary amides is 1. The van der Waals surface area contributed by atoms with E-state index < -0.39 is 29.8 Å². The maximum absolute atomic E-state index is 16.1. The topological polar surface area (TPSA) is 148 Å². The first kappa shape index (κ1) is 38.9. The van der Waals surface area contributed by atoms with Gasteiger partial charge < -0.3 is 30.7 Å². The van der Waals surface area contributed by atoms with Crippen molar-refractivity contribution in [2.45, 2.75) is 62.8 Å². The van der Waals surface area contributed by atoms with Crippen molar-refractivity contribution >= 4 is 41.0 Å². The van der Waals surface area contributed by atoms with Crippen LogP contribution in [0.1, 0.15) is 65.9 Å². The quantitative estimate of drug-likeness (QED) is 0.148. The number of benzene rings is 3. The molecule has 0 aromatic heterocycles. The Morgan fingerprint density at radius 3 is 2.20 bits per heavy atom. The Balaban J connectivity index is 0.000000727. The van der Waals surface area contributed by atoms with Crippen LogP contribution in [-0.4, -0.2) is 66.1 Å². The van der Waals surface area contributed by atoms with Gasteiger partial charge in [-0.1, -0.05) is 53.5 Å². The van der Waals surface area contributed by atoms with E-state index in [-0.39, 0.29) is 58.1 Å². The normalized spacial score (nSPS) is 19.6. The minimum atomic E-state index is -5.08. The van der Waals surface area contributed by atoms with Gasteiger partial charge in [-0.2, -0.15) is 13.2 Å². The molecule has 1 saturated carbocycles. The van der Waals surface area contributed by atoms with Crippen LogP contribution in [-0.2, 0) is 14.3 Å². The van der Waals surface area contributed by atoms with E-state index in [1.807, 2.05) is 30.3 Å². The van der Waals surface area contributed by atoms with E-state index in [0.29, 0.717) is 36.6 Å². The Labute approximate surface area is 295 Å². The lowest BCUT2D eigenvalue weighted by Gasteiger charge is -2.29. The Hall–Kier alpha value is -3.91. The van der Waals surface area contributed by atoms with E-state index >= 15 is 4.39 Å². The molecule has 1 aliphatic heterocycles. The van der Waals surface area contributed by atoms with E-state index in [4.69, 9.17) is 48.3 Å². The maximum atomic E-state index is 16.1. The Kier molecular flexibility index (Phi) is 13.5. The third-order valence-electron chi connectivity index (χ3n) is 8.68. The van der Waals surface area contributed by atoms with Crippen LogP contribution in [0.3, 0.4) is 0 Å². The number of carbonyl (C=O) groups excluding carboxylic acids is 1. The number of hydrogen-bond acceptors (Lipinski definition) is 6. The molecule has 1 heterocycles. The van der Waals surface area contributed by atoms with Crippen molar-refractivity contribution in [3.8, 4) is 16.9 Å². The SMILES string of the molecule is NC(=O)c1ccc(OC[C@@H]2CCCO2)c(F)c1-c1cc(C(CNC2CCC(C(=O)O)CC2)c2ccccc2)c(Cl)cc1Cl.O=C(O)C(F)(F)F. The molecule has 0 bridgehead atoms. The van der Waals surface area contributed by atoms with Gasteiger partial charge in [0.15, 0.2) is 11.6 Å². The van der Waals surface area contributed by atoms with Gasteiger partial charge in [-0.15, -0.1) is 0 Å². The Bertz CT molecular complexity index is 1660. The van der Waals surface area contributed by atoms with E-state index in [1.165, 1.54) is 12.1 Å². The van der Waals surface area contributed by atoms with Crippen molar-refractivity contribution < 1.29 is 51.6 Å². The molecular formula is C35H36Cl2F4N2O7. The van der Waals surface area contributed by atoms with Crippen molar-refractivity contribution in [3.05, 3.63) is 87.2 Å². The minimum absolute atomic E-state index is 0.0262. The molecule has 15 heteroatoms. The third-order valence-corrected chi connectivity index (χ3v) is 9.32. The number of carboxylic acid groups (broad SMARTS) is 2. The largest absolute Gasteiger partial charge is 0.490 e. The molecule has 1 aliphatic carbocycles. The summed E-state index contributed by atoms with van der Waals surface area (Å²) in [6, 6.07) is 16.1. The monoisotopic (exact) mass is 742 g/mol. The molecule has 2 aliphatic rings. The molecule has 1 unspecified atom stereocenters. The molecule has 3 aromatic carbocycles. The van der Waals surface area contributed by atoms with Crippen LogP contribution in [0.25, 0.3) is 11.1 Å². The first-order valence-electron chi connectivity index (χ1n) is 15.8. The summed E-state index contributed by atoms with van der Waals surface area (Å²) in [5, 5.41) is 20.7. The number of amides is 1. The van der Waals surface area contributed by atoms with Crippen molar-refractivity contribution in [2.75, 3.05) is 19.8 Å². The van der Waals surface area contributed by atoms with Crippen LogP contribution in [0, 0.1) is 11.7 Å². The maximum Gasteiger partial charge on any atom is 0.490 e. The van der Waals surface area contributed by atoms with Crippen LogP contribution in [0.15, 0.2) is 54.6 Å². The average molecular weight is 744 g/mol. The fraction of sp³-hybridized carbons (Fsp3) is 0.400. The zero-order valence-corrected chi connectivity index (χ0v) is 28.2. The van der Waals surface area contributed by atoms with Crippen molar-refractivity contribution in [1.82, 2.24) is 5.32 Å². The number of halogens is 6. The van der Waals surface area contributed by atoms with Crippen molar-refractivity contribution in [3.63, 3.8) is 0 Å². The van der Waals surface area contributed by atoms with Gasteiger partial charge in [-0.3, -0.25) is 9.59 Å². The smallest absolute Gasteiger partial charge is 0.488 e. The van der Waals surface area contributed by atoms with Crippen LogP contribution in [0.5, 0.6) is 5.75 Å². The number of alkyl halides is 3. The highest BCUT2D eigenvalue weighted by atomic mass is 35.5. The molecule has 9 nitrogen and oxygen atoms in total. The molecule has 5 rings (SSSR count). The highest BCUT2D eigenvalue weighted by Crippen LogP contribution is 2.42. The van der Waals surface area contributed by atoms with Gasteiger partial charge >= 0.3 is 18.1 Å². The summed E-state index contributed by atoms with van der Waals surface area (Å²) in [6.07, 6.45) is -0.705. The average Bonchev–Trinajstić information content (AvgIpc) is 3.59. The van der Waals surface area contributed by atoms with E-state index in [0.717, 1.165) is 31.2 Å². The summed E-state index contributed by atoms with van der Waals surface area (Å²) in [6.45, 7) is 1.33. The number of rotatable bonds is 11. The van der Waals surface area contributed by atoms with Gasteiger partial charge in [0, 0.05) is 41.3 Å². The molecule has 0 spiro atoms. The van der Waals surface area contributed by atoms with Gasteiger partial charge in [-0.25, -0.2) is 9.18 Å². The number of carboxylic acids is 2. The highest BCUT2D eigenvalue weighted by molar-refractivity contribution is 6.37. The van der Waals surface area contributed by atoms with E-state index in [9.17, 15) is 27.9 Å². The lowest BCUT2D eigenvalue weighted by Crippen LogP contribution is -2.37. The second-order valence-corrected chi connectivity index (χ2v) is 12.8. The van der Waals surface area contributed by atoms with Crippen LogP contribution in [0.2, 0.25) is 10.0 Å². The number of nitrogens with one attached hydrogen (secondary N) is 1.